The molecule has 104 valence electrons. The first-order valence-corrected chi connectivity index (χ1v) is 6.96. The molecule has 0 spiro atoms. The van der Waals surface area contributed by atoms with Gasteiger partial charge in [0.05, 0.1) is 6.04 Å². The minimum Gasteiger partial charge on any atom is -0.490 e. The van der Waals surface area contributed by atoms with E-state index in [0.717, 1.165) is 31.7 Å². The molecule has 1 saturated heterocycles. The zero-order chi connectivity index (χ0) is 13.7. The Morgan fingerprint density at radius 1 is 1.37 bits per heavy atom. The number of likely N-dealkylation sites (tertiary alicyclic amines) is 1. The summed E-state index contributed by atoms with van der Waals surface area (Å²) in [5.74, 6) is 0.971. The summed E-state index contributed by atoms with van der Waals surface area (Å²) in [5, 5.41) is 0. The maximum atomic E-state index is 12.0. The van der Waals surface area contributed by atoms with Crippen molar-refractivity contribution in [1.29, 1.82) is 0 Å². The summed E-state index contributed by atoms with van der Waals surface area (Å²) in [7, 11) is 0. The summed E-state index contributed by atoms with van der Waals surface area (Å²) >= 11 is 0. The van der Waals surface area contributed by atoms with Crippen LogP contribution in [0.25, 0.3) is 0 Å². The van der Waals surface area contributed by atoms with Gasteiger partial charge in [0, 0.05) is 25.9 Å². The lowest BCUT2D eigenvalue weighted by molar-refractivity contribution is -0.134. The van der Waals surface area contributed by atoms with Crippen molar-refractivity contribution in [2.45, 2.75) is 38.3 Å². The number of para-hydroxylation sites is 1. The number of ether oxygens (including phenoxy) is 1. The monoisotopic (exact) mass is 262 g/mol. The number of benzene rings is 1. The maximum absolute atomic E-state index is 12.0. The van der Waals surface area contributed by atoms with Gasteiger partial charge in [-0.3, -0.25) is 4.79 Å². The molecule has 1 aliphatic heterocycles. The number of hydrogen-bond acceptors (Lipinski definition) is 3. The van der Waals surface area contributed by atoms with Gasteiger partial charge in [-0.1, -0.05) is 25.1 Å². The second-order valence-electron chi connectivity index (χ2n) is 4.97. The first-order chi connectivity index (χ1) is 9.20. The topological polar surface area (TPSA) is 55.6 Å². The molecule has 2 N–H and O–H groups in total. The van der Waals surface area contributed by atoms with Gasteiger partial charge in [0.25, 0.3) is 0 Å². The summed E-state index contributed by atoms with van der Waals surface area (Å²) in [4.78, 5) is 13.8. The SMILES string of the molecule is CC[C@H](N)C(=O)N1CCC(Oc2ccccc2)CC1. The van der Waals surface area contributed by atoms with Gasteiger partial charge in [0.15, 0.2) is 0 Å². The predicted octanol–water partition coefficient (Wildman–Crippen LogP) is 1.79. The molecule has 4 nitrogen and oxygen atoms in total. The lowest BCUT2D eigenvalue weighted by atomic mass is 10.1. The van der Waals surface area contributed by atoms with Crippen LogP contribution in [0, 0.1) is 0 Å². The molecule has 0 saturated carbocycles. The van der Waals surface area contributed by atoms with Crippen LogP contribution in [0.1, 0.15) is 26.2 Å². The van der Waals surface area contributed by atoms with Crippen LogP contribution in [0.4, 0.5) is 0 Å². The van der Waals surface area contributed by atoms with Crippen molar-refractivity contribution in [1.82, 2.24) is 4.90 Å². The third kappa shape index (κ3) is 3.70. The van der Waals surface area contributed by atoms with Crippen LogP contribution in [0.15, 0.2) is 30.3 Å². The fraction of sp³-hybridized carbons (Fsp3) is 0.533. The molecule has 0 unspecified atom stereocenters. The van der Waals surface area contributed by atoms with Gasteiger partial charge < -0.3 is 15.4 Å². The highest BCUT2D eigenvalue weighted by Crippen LogP contribution is 2.19. The lowest BCUT2D eigenvalue weighted by Crippen LogP contribution is -2.48. The number of carbonyl (C=O) groups excluding carboxylic acids is 1. The second kappa shape index (κ2) is 6.57. The average Bonchev–Trinajstić information content (AvgIpc) is 2.47. The Kier molecular flexibility index (Phi) is 4.80. The van der Waals surface area contributed by atoms with Crippen molar-refractivity contribution in [3.63, 3.8) is 0 Å². The third-order valence-electron chi connectivity index (χ3n) is 3.56. The summed E-state index contributed by atoms with van der Waals surface area (Å²) in [6.45, 7) is 3.42. The Morgan fingerprint density at radius 2 is 2.00 bits per heavy atom. The molecule has 1 aromatic carbocycles. The zero-order valence-electron chi connectivity index (χ0n) is 11.4. The maximum Gasteiger partial charge on any atom is 0.239 e. The fourth-order valence-corrected chi connectivity index (χ4v) is 2.29. The van der Waals surface area contributed by atoms with Gasteiger partial charge in [-0.05, 0) is 18.6 Å². The smallest absolute Gasteiger partial charge is 0.239 e. The summed E-state index contributed by atoms with van der Waals surface area (Å²) < 4.78 is 5.90. The van der Waals surface area contributed by atoms with Gasteiger partial charge in [-0.2, -0.15) is 0 Å². The molecule has 1 fully saturated rings. The van der Waals surface area contributed by atoms with Gasteiger partial charge in [-0.25, -0.2) is 0 Å². The third-order valence-corrected chi connectivity index (χ3v) is 3.56. The van der Waals surface area contributed by atoms with Crippen molar-refractivity contribution >= 4 is 5.91 Å². The van der Waals surface area contributed by atoms with E-state index in [-0.39, 0.29) is 18.1 Å². The molecular weight excluding hydrogens is 240 g/mol. The highest BCUT2D eigenvalue weighted by atomic mass is 16.5. The quantitative estimate of drug-likeness (QED) is 0.900. The van der Waals surface area contributed by atoms with Gasteiger partial charge >= 0.3 is 0 Å². The molecule has 4 heteroatoms. The minimum atomic E-state index is -0.355. The molecule has 1 amide bonds. The van der Waals surface area contributed by atoms with Crippen LogP contribution in [0.2, 0.25) is 0 Å². The molecule has 1 heterocycles. The van der Waals surface area contributed by atoms with Gasteiger partial charge in [0.2, 0.25) is 5.91 Å². The zero-order valence-corrected chi connectivity index (χ0v) is 11.4. The van der Waals surface area contributed by atoms with Crippen LogP contribution in [-0.4, -0.2) is 36.0 Å². The van der Waals surface area contributed by atoms with Gasteiger partial charge in [0.1, 0.15) is 11.9 Å². The molecule has 0 aliphatic carbocycles. The lowest BCUT2D eigenvalue weighted by Gasteiger charge is -2.33. The van der Waals surface area contributed by atoms with Crippen molar-refractivity contribution < 1.29 is 9.53 Å². The van der Waals surface area contributed by atoms with Crippen LogP contribution in [-0.2, 0) is 4.79 Å². The first-order valence-electron chi connectivity index (χ1n) is 6.96. The molecule has 0 aromatic heterocycles. The molecule has 0 bridgehead atoms. The van der Waals surface area contributed by atoms with E-state index in [9.17, 15) is 4.79 Å². The van der Waals surface area contributed by atoms with Gasteiger partial charge in [-0.15, -0.1) is 0 Å². The average molecular weight is 262 g/mol. The highest BCUT2D eigenvalue weighted by Gasteiger charge is 2.26. The van der Waals surface area contributed by atoms with Crippen molar-refractivity contribution in [3.05, 3.63) is 30.3 Å². The Labute approximate surface area is 114 Å². The molecule has 19 heavy (non-hydrogen) atoms. The predicted molar refractivity (Wildman–Crippen MR) is 74.9 cm³/mol. The Morgan fingerprint density at radius 3 is 2.58 bits per heavy atom. The second-order valence-corrected chi connectivity index (χ2v) is 4.97. The fourth-order valence-electron chi connectivity index (χ4n) is 2.29. The highest BCUT2D eigenvalue weighted by molar-refractivity contribution is 5.81. The Balaban J connectivity index is 1.81. The molecule has 2 rings (SSSR count). The number of rotatable bonds is 4. The minimum absolute atomic E-state index is 0.0701. The largest absolute Gasteiger partial charge is 0.490 e. The molecule has 1 aromatic rings. The van der Waals surface area contributed by atoms with E-state index < -0.39 is 0 Å². The Bertz CT molecular complexity index is 400. The number of carbonyl (C=O) groups is 1. The number of piperidine rings is 1. The van der Waals surface area contributed by atoms with E-state index in [1.54, 1.807) is 0 Å². The van der Waals surface area contributed by atoms with Crippen molar-refractivity contribution in [2.75, 3.05) is 13.1 Å². The standard InChI is InChI=1S/C15H22N2O2/c1-2-14(16)15(18)17-10-8-13(9-11-17)19-12-6-4-3-5-7-12/h3-7,13-14H,2,8-11,16H2,1H3/t14-/m0/s1. The Hall–Kier alpha value is -1.55. The normalized spacial score (nSPS) is 18.1. The van der Waals surface area contributed by atoms with E-state index in [4.69, 9.17) is 10.5 Å². The van der Waals surface area contributed by atoms with Crippen LogP contribution in [0.3, 0.4) is 0 Å². The molecule has 1 aliphatic rings. The van der Waals surface area contributed by atoms with Crippen molar-refractivity contribution in [3.8, 4) is 5.75 Å². The molecule has 1 atom stereocenters. The summed E-state index contributed by atoms with van der Waals surface area (Å²) in [5.41, 5.74) is 5.78. The summed E-state index contributed by atoms with van der Waals surface area (Å²) in [6.07, 6.45) is 2.64. The number of nitrogens with zero attached hydrogens (tertiary/aromatic N) is 1. The van der Waals surface area contributed by atoms with E-state index in [2.05, 4.69) is 0 Å². The van der Waals surface area contributed by atoms with Crippen LogP contribution < -0.4 is 10.5 Å². The number of hydrogen-bond donors (Lipinski definition) is 1. The van der Waals surface area contributed by atoms with Crippen LogP contribution >= 0.6 is 0 Å². The summed E-state index contributed by atoms with van der Waals surface area (Å²) in [6, 6.07) is 9.48. The van der Waals surface area contributed by atoms with E-state index >= 15 is 0 Å². The number of nitrogens with two attached hydrogens (primary N) is 1. The number of amides is 1. The van der Waals surface area contributed by atoms with Crippen molar-refractivity contribution in [2.24, 2.45) is 5.73 Å². The molecule has 0 radical (unpaired) electrons. The van der Waals surface area contributed by atoms with E-state index in [1.807, 2.05) is 42.2 Å². The van der Waals surface area contributed by atoms with E-state index in [0.29, 0.717) is 6.42 Å². The van der Waals surface area contributed by atoms with E-state index in [1.165, 1.54) is 0 Å². The molecular formula is C15H22N2O2. The first kappa shape index (κ1) is 13.9. The van der Waals surface area contributed by atoms with Crippen LogP contribution in [0.5, 0.6) is 5.75 Å².